The molecule has 0 aliphatic heterocycles. The van der Waals surface area contributed by atoms with Gasteiger partial charge in [-0.25, -0.2) is 0 Å². The molecule has 0 aromatic rings. The summed E-state index contributed by atoms with van der Waals surface area (Å²) in [7, 11) is 4.28. The molecule has 0 atom stereocenters. The van der Waals surface area contributed by atoms with E-state index in [4.69, 9.17) is 0 Å². The molecular formula is C14H29N3O. The van der Waals surface area contributed by atoms with Gasteiger partial charge in [0.1, 0.15) is 0 Å². The number of hydrogen-bond donors (Lipinski definition) is 2. The van der Waals surface area contributed by atoms with Gasteiger partial charge in [-0.05, 0) is 47.7 Å². The lowest BCUT2D eigenvalue weighted by Crippen LogP contribution is -2.52. The molecule has 0 aromatic carbocycles. The van der Waals surface area contributed by atoms with E-state index in [9.17, 15) is 4.79 Å². The second-order valence-corrected chi connectivity index (χ2v) is 6.73. The zero-order valence-electron chi connectivity index (χ0n) is 12.6. The molecule has 1 rings (SSSR count). The van der Waals surface area contributed by atoms with Crippen LogP contribution in [0, 0.1) is 0 Å². The minimum atomic E-state index is -0.147. The first-order valence-corrected chi connectivity index (χ1v) is 6.94. The molecule has 1 aliphatic rings. The molecule has 1 fully saturated rings. The average Bonchev–Trinajstić information content (AvgIpc) is 2.64. The van der Waals surface area contributed by atoms with Crippen LogP contribution < -0.4 is 10.6 Å². The predicted molar refractivity (Wildman–Crippen MR) is 75.7 cm³/mol. The first kappa shape index (κ1) is 15.4. The predicted octanol–water partition coefficient (Wildman–Crippen LogP) is 1.37. The number of carbonyl (C=O) groups excluding carboxylic acids is 1. The molecule has 18 heavy (non-hydrogen) atoms. The minimum Gasteiger partial charge on any atom is -0.350 e. The second-order valence-electron chi connectivity index (χ2n) is 6.73. The topological polar surface area (TPSA) is 44.4 Å². The van der Waals surface area contributed by atoms with Crippen LogP contribution in [-0.4, -0.2) is 49.1 Å². The molecule has 1 aliphatic carbocycles. The Morgan fingerprint density at radius 1 is 1.22 bits per heavy atom. The maximum Gasteiger partial charge on any atom is 0.234 e. The van der Waals surface area contributed by atoms with Crippen molar-refractivity contribution in [1.82, 2.24) is 15.5 Å². The first-order chi connectivity index (χ1) is 8.25. The largest absolute Gasteiger partial charge is 0.350 e. The van der Waals surface area contributed by atoms with Crippen LogP contribution in [0.25, 0.3) is 0 Å². The van der Waals surface area contributed by atoms with Crippen LogP contribution in [0.2, 0.25) is 0 Å². The van der Waals surface area contributed by atoms with E-state index in [1.807, 2.05) is 20.8 Å². The summed E-state index contributed by atoms with van der Waals surface area (Å²) in [6.07, 6.45) is 5.06. The molecule has 0 radical (unpaired) electrons. The van der Waals surface area contributed by atoms with Crippen LogP contribution in [0.4, 0.5) is 0 Å². The smallest absolute Gasteiger partial charge is 0.234 e. The standard InChI is InChI=1S/C14H29N3O/c1-13(2,3)16-12(18)10-15-11-14(17(4)5)8-6-7-9-14/h15H,6-11H2,1-5H3,(H,16,18). The van der Waals surface area contributed by atoms with Crippen molar-refractivity contribution in [3.8, 4) is 0 Å². The number of amides is 1. The fraction of sp³-hybridized carbons (Fsp3) is 0.929. The molecule has 1 saturated carbocycles. The van der Waals surface area contributed by atoms with Crippen molar-refractivity contribution in [3.63, 3.8) is 0 Å². The number of nitrogens with zero attached hydrogens (tertiary/aromatic N) is 1. The van der Waals surface area contributed by atoms with Gasteiger partial charge in [-0.3, -0.25) is 4.79 Å². The second kappa shape index (κ2) is 6.02. The highest BCUT2D eigenvalue weighted by atomic mass is 16.2. The summed E-state index contributed by atoms with van der Waals surface area (Å²) in [4.78, 5) is 14.0. The summed E-state index contributed by atoms with van der Waals surface area (Å²) in [5.41, 5.74) is 0.105. The SMILES string of the molecule is CN(C)C1(CNCC(=O)NC(C)(C)C)CCCC1. The van der Waals surface area contributed by atoms with Crippen molar-refractivity contribution in [1.29, 1.82) is 0 Å². The molecule has 0 spiro atoms. The lowest BCUT2D eigenvalue weighted by Gasteiger charge is -2.36. The van der Waals surface area contributed by atoms with Gasteiger partial charge in [-0.1, -0.05) is 12.8 Å². The molecule has 4 heteroatoms. The molecule has 1 amide bonds. The summed E-state index contributed by atoms with van der Waals surface area (Å²) < 4.78 is 0. The Labute approximate surface area is 111 Å². The minimum absolute atomic E-state index is 0.0782. The Balaban J connectivity index is 2.34. The normalized spacial score (nSPS) is 19.2. The zero-order valence-corrected chi connectivity index (χ0v) is 12.6. The van der Waals surface area contributed by atoms with Gasteiger partial charge in [0.15, 0.2) is 0 Å². The fourth-order valence-electron chi connectivity index (χ4n) is 2.69. The van der Waals surface area contributed by atoms with Crippen molar-refractivity contribution in [2.24, 2.45) is 0 Å². The van der Waals surface area contributed by atoms with Gasteiger partial charge in [-0.15, -0.1) is 0 Å². The van der Waals surface area contributed by atoms with Crippen LogP contribution in [0.3, 0.4) is 0 Å². The summed E-state index contributed by atoms with van der Waals surface area (Å²) in [6.45, 7) is 7.32. The van der Waals surface area contributed by atoms with Crippen molar-refractivity contribution in [2.75, 3.05) is 27.2 Å². The first-order valence-electron chi connectivity index (χ1n) is 6.94. The lowest BCUT2D eigenvalue weighted by atomic mass is 9.96. The Morgan fingerprint density at radius 3 is 2.22 bits per heavy atom. The van der Waals surface area contributed by atoms with E-state index in [-0.39, 0.29) is 17.0 Å². The highest BCUT2D eigenvalue weighted by molar-refractivity contribution is 5.78. The van der Waals surface area contributed by atoms with E-state index in [1.54, 1.807) is 0 Å². The van der Waals surface area contributed by atoms with E-state index in [2.05, 4.69) is 29.6 Å². The van der Waals surface area contributed by atoms with Gasteiger partial charge in [0.05, 0.1) is 6.54 Å². The van der Waals surface area contributed by atoms with Crippen LogP contribution in [0.1, 0.15) is 46.5 Å². The zero-order chi connectivity index (χ0) is 13.8. The molecule has 0 heterocycles. The molecule has 0 aromatic heterocycles. The molecule has 2 N–H and O–H groups in total. The number of likely N-dealkylation sites (N-methyl/N-ethyl adjacent to an activating group) is 1. The maximum atomic E-state index is 11.7. The molecular weight excluding hydrogens is 226 g/mol. The van der Waals surface area contributed by atoms with E-state index in [0.717, 1.165) is 6.54 Å². The Kier molecular flexibility index (Phi) is 5.17. The highest BCUT2D eigenvalue weighted by Gasteiger charge is 2.35. The number of carbonyl (C=O) groups is 1. The van der Waals surface area contributed by atoms with Gasteiger partial charge in [0.25, 0.3) is 0 Å². The Morgan fingerprint density at radius 2 is 1.78 bits per heavy atom. The van der Waals surface area contributed by atoms with Crippen molar-refractivity contribution in [3.05, 3.63) is 0 Å². The van der Waals surface area contributed by atoms with E-state index in [0.29, 0.717) is 6.54 Å². The van der Waals surface area contributed by atoms with Crippen LogP contribution in [-0.2, 0) is 4.79 Å². The summed E-state index contributed by atoms with van der Waals surface area (Å²) in [5, 5.41) is 6.29. The number of rotatable bonds is 5. The highest BCUT2D eigenvalue weighted by Crippen LogP contribution is 2.32. The third kappa shape index (κ3) is 4.58. The average molecular weight is 255 g/mol. The van der Waals surface area contributed by atoms with Crippen molar-refractivity contribution in [2.45, 2.75) is 57.5 Å². The van der Waals surface area contributed by atoms with Gasteiger partial charge < -0.3 is 15.5 Å². The third-order valence-corrected chi connectivity index (χ3v) is 3.74. The van der Waals surface area contributed by atoms with E-state index >= 15 is 0 Å². The third-order valence-electron chi connectivity index (χ3n) is 3.74. The van der Waals surface area contributed by atoms with Crippen molar-refractivity contribution >= 4 is 5.91 Å². The molecule has 0 bridgehead atoms. The molecule has 106 valence electrons. The summed E-state index contributed by atoms with van der Waals surface area (Å²) in [5.74, 6) is 0.0782. The van der Waals surface area contributed by atoms with Gasteiger partial charge in [0.2, 0.25) is 5.91 Å². The number of nitrogens with one attached hydrogen (secondary N) is 2. The van der Waals surface area contributed by atoms with Gasteiger partial charge in [0, 0.05) is 17.6 Å². The van der Waals surface area contributed by atoms with E-state index in [1.165, 1.54) is 25.7 Å². The summed E-state index contributed by atoms with van der Waals surface area (Å²) >= 11 is 0. The maximum absolute atomic E-state index is 11.7. The van der Waals surface area contributed by atoms with Gasteiger partial charge >= 0.3 is 0 Å². The molecule has 0 unspecified atom stereocenters. The monoisotopic (exact) mass is 255 g/mol. The molecule has 0 saturated heterocycles. The number of hydrogen-bond acceptors (Lipinski definition) is 3. The van der Waals surface area contributed by atoms with Crippen molar-refractivity contribution < 1.29 is 4.79 Å². The Hall–Kier alpha value is -0.610. The van der Waals surface area contributed by atoms with Crippen LogP contribution >= 0.6 is 0 Å². The lowest BCUT2D eigenvalue weighted by molar-refractivity contribution is -0.121. The quantitative estimate of drug-likeness (QED) is 0.780. The molecule has 4 nitrogen and oxygen atoms in total. The fourth-order valence-corrected chi connectivity index (χ4v) is 2.69. The van der Waals surface area contributed by atoms with Crippen LogP contribution in [0.15, 0.2) is 0 Å². The van der Waals surface area contributed by atoms with Crippen LogP contribution in [0.5, 0.6) is 0 Å². The van der Waals surface area contributed by atoms with E-state index < -0.39 is 0 Å². The van der Waals surface area contributed by atoms with Gasteiger partial charge in [-0.2, -0.15) is 0 Å². The summed E-state index contributed by atoms with van der Waals surface area (Å²) in [6, 6.07) is 0. The Bertz CT molecular complexity index is 275.